The summed E-state index contributed by atoms with van der Waals surface area (Å²) >= 11 is 0. The molecule has 4 nitrogen and oxygen atoms in total. The van der Waals surface area contributed by atoms with Gasteiger partial charge in [-0.15, -0.1) is 0 Å². The van der Waals surface area contributed by atoms with E-state index in [9.17, 15) is 14.7 Å². The van der Waals surface area contributed by atoms with Gasteiger partial charge >= 0.3 is 11.9 Å². The molecule has 0 aromatic carbocycles. The van der Waals surface area contributed by atoms with Crippen LogP contribution in [0.4, 0.5) is 0 Å². The SMILES string of the molecule is CC(=O)O[C@@H]1CC[C@@]2(C)[C@H]3CC=C4[C@@H]5[C@H](C)[C@H](C)CC[C@]5(C)CC[C@@]4(C)[C@]3(C)CC[C@@H]2[C@@]1(C)C(=O)O. The molecule has 0 saturated heterocycles. The minimum atomic E-state index is -1.04. The van der Waals surface area contributed by atoms with Gasteiger partial charge in [-0.25, -0.2) is 0 Å². The number of esters is 1. The Balaban J connectivity index is 1.57. The molecule has 5 aliphatic rings. The fraction of sp³-hybridized carbons (Fsp3) is 0.875. The molecular formula is C32H50O4. The number of carbonyl (C=O) groups excluding carboxylic acids is 1. The molecule has 1 N–H and O–H groups in total. The average Bonchev–Trinajstić information content (AvgIpc) is 2.79. The Bertz CT molecular complexity index is 985. The highest BCUT2D eigenvalue weighted by atomic mass is 16.5. The molecule has 4 fully saturated rings. The topological polar surface area (TPSA) is 63.6 Å². The van der Waals surface area contributed by atoms with Crippen molar-refractivity contribution in [3.63, 3.8) is 0 Å². The first-order valence-electron chi connectivity index (χ1n) is 14.8. The van der Waals surface area contributed by atoms with Crippen molar-refractivity contribution in [2.45, 2.75) is 119 Å². The van der Waals surface area contributed by atoms with E-state index >= 15 is 0 Å². The summed E-state index contributed by atoms with van der Waals surface area (Å²) < 4.78 is 5.69. The summed E-state index contributed by atoms with van der Waals surface area (Å²) in [6.45, 7) is 18.4. The first kappa shape index (κ1) is 26.3. The van der Waals surface area contributed by atoms with Crippen molar-refractivity contribution in [3.05, 3.63) is 11.6 Å². The van der Waals surface area contributed by atoms with E-state index in [0.29, 0.717) is 23.7 Å². The third kappa shape index (κ3) is 3.17. The zero-order valence-corrected chi connectivity index (χ0v) is 24.1. The third-order valence-electron chi connectivity index (χ3n) is 13.8. The zero-order valence-electron chi connectivity index (χ0n) is 24.1. The van der Waals surface area contributed by atoms with E-state index in [1.54, 1.807) is 5.57 Å². The quantitative estimate of drug-likeness (QED) is 0.313. The monoisotopic (exact) mass is 498 g/mol. The van der Waals surface area contributed by atoms with Gasteiger partial charge in [-0.05, 0) is 116 Å². The van der Waals surface area contributed by atoms with Gasteiger partial charge < -0.3 is 9.84 Å². The fourth-order valence-corrected chi connectivity index (χ4v) is 11.2. The molecule has 0 amide bonds. The maximum atomic E-state index is 12.9. The number of allylic oxidation sites excluding steroid dienone is 2. The predicted octanol–water partition coefficient (Wildman–Crippen LogP) is 7.66. The van der Waals surface area contributed by atoms with E-state index in [4.69, 9.17) is 4.74 Å². The van der Waals surface area contributed by atoms with Crippen molar-refractivity contribution >= 4 is 11.9 Å². The number of rotatable bonds is 2. The molecule has 0 aromatic heterocycles. The van der Waals surface area contributed by atoms with E-state index in [0.717, 1.165) is 37.5 Å². The van der Waals surface area contributed by atoms with Gasteiger partial charge in [0.05, 0.1) is 0 Å². The van der Waals surface area contributed by atoms with Gasteiger partial charge in [-0.2, -0.15) is 0 Å². The number of carboxylic acid groups (broad SMARTS) is 1. The van der Waals surface area contributed by atoms with Gasteiger partial charge in [0, 0.05) is 6.92 Å². The van der Waals surface area contributed by atoms with Gasteiger partial charge in [0.1, 0.15) is 11.5 Å². The van der Waals surface area contributed by atoms with Gasteiger partial charge in [0.2, 0.25) is 0 Å². The summed E-state index contributed by atoms with van der Waals surface area (Å²) in [4.78, 5) is 24.8. The van der Waals surface area contributed by atoms with Crippen LogP contribution in [0.3, 0.4) is 0 Å². The van der Waals surface area contributed by atoms with E-state index in [-0.39, 0.29) is 28.1 Å². The number of ether oxygens (including phenoxy) is 1. The first-order valence-corrected chi connectivity index (χ1v) is 14.8. The molecule has 0 aromatic rings. The van der Waals surface area contributed by atoms with Crippen LogP contribution in [0, 0.1) is 56.7 Å². The minimum absolute atomic E-state index is 0.0136. The highest BCUT2D eigenvalue weighted by Gasteiger charge is 2.70. The van der Waals surface area contributed by atoms with Gasteiger partial charge in [0.25, 0.3) is 0 Å². The fourth-order valence-electron chi connectivity index (χ4n) is 11.2. The van der Waals surface area contributed by atoms with Crippen LogP contribution in [0.5, 0.6) is 0 Å². The van der Waals surface area contributed by atoms with E-state index < -0.39 is 17.5 Å². The van der Waals surface area contributed by atoms with Gasteiger partial charge in [-0.3, -0.25) is 9.59 Å². The number of hydrogen-bond acceptors (Lipinski definition) is 3. The largest absolute Gasteiger partial charge is 0.481 e. The third-order valence-corrected chi connectivity index (χ3v) is 13.8. The van der Waals surface area contributed by atoms with Crippen molar-refractivity contribution in [1.29, 1.82) is 0 Å². The van der Waals surface area contributed by atoms with Crippen molar-refractivity contribution in [2.24, 2.45) is 56.7 Å². The maximum Gasteiger partial charge on any atom is 0.313 e. The molecule has 5 aliphatic carbocycles. The Morgan fingerprint density at radius 2 is 1.61 bits per heavy atom. The van der Waals surface area contributed by atoms with Crippen LogP contribution in [0.25, 0.3) is 0 Å². The zero-order chi connectivity index (χ0) is 26.5. The summed E-state index contributed by atoms with van der Waals surface area (Å²) in [6.07, 6.45) is 12.0. The first-order chi connectivity index (χ1) is 16.6. The Morgan fingerprint density at radius 3 is 2.25 bits per heavy atom. The molecule has 0 heterocycles. The van der Waals surface area contributed by atoms with Crippen LogP contribution in [-0.4, -0.2) is 23.1 Å². The molecule has 4 saturated carbocycles. The molecule has 0 bridgehead atoms. The summed E-state index contributed by atoms with van der Waals surface area (Å²) in [5.74, 6) is 1.47. The van der Waals surface area contributed by atoms with Gasteiger partial charge in [-0.1, -0.05) is 53.2 Å². The lowest BCUT2D eigenvalue weighted by molar-refractivity contribution is -0.223. The molecular weight excluding hydrogens is 448 g/mol. The smallest absolute Gasteiger partial charge is 0.313 e. The Hall–Kier alpha value is -1.32. The molecule has 202 valence electrons. The van der Waals surface area contributed by atoms with E-state index in [2.05, 4.69) is 47.6 Å². The highest BCUT2D eigenvalue weighted by molar-refractivity contribution is 5.77. The molecule has 0 aliphatic heterocycles. The van der Waals surface area contributed by atoms with Crippen molar-refractivity contribution in [3.8, 4) is 0 Å². The van der Waals surface area contributed by atoms with Crippen LogP contribution in [0.15, 0.2) is 11.6 Å². The maximum absolute atomic E-state index is 12.9. The summed E-state index contributed by atoms with van der Waals surface area (Å²) in [5.41, 5.74) is 1.40. The van der Waals surface area contributed by atoms with Crippen LogP contribution in [0.1, 0.15) is 113 Å². The second-order valence-corrected chi connectivity index (χ2v) is 15.0. The predicted molar refractivity (Wildman–Crippen MR) is 142 cm³/mol. The Labute approximate surface area is 219 Å². The number of carboxylic acids is 1. The minimum Gasteiger partial charge on any atom is -0.481 e. The highest BCUT2D eigenvalue weighted by Crippen LogP contribution is 2.75. The summed E-state index contributed by atoms with van der Waals surface area (Å²) in [7, 11) is 0. The normalized spacial score (nSPS) is 54.2. The van der Waals surface area contributed by atoms with Crippen molar-refractivity contribution in [2.75, 3.05) is 0 Å². The number of carbonyl (C=O) groups is 2. The number of hydrogen-bond donors (Lipinski definition) is 1. The standard InChI is InChI=1S/C32H50O4/c1-19-11-14-28(4)17-18-30(6)22(26(28)20(19)2)9-10-23-29(5)15-13-25(36-21(3)33)32(8,27(34)35)24(29)12-16-31(23,30)7/h9,19-20,23-26H,10-18H2,1-8H3,(H,34,35)/t19-,20-,23-,24+,25-,26+,28-,29+,30-,31-,32-/m1/s1. The van der Waals surface area contributed by atoms with Crippen LogP contribution < -0.4 is 0 Å². The van der Waals surface area contributed by atoms with E-state index in [1.807, 2.05) is 6.92 Å². The second-order valence-electron chi connectivity index (χ2n) is 15.0. The van der Waals surface area contributed by atoms with Crippen LogP contribution in [0.2, 0.25) is 0 Å². The Kier molecular flexibility index (Phi) is 5.91. The van der Waals surface area contributed by atoms with Crippen molar-refractivity contribution in [1.82, 2.24) is 0 Å². The molecule has 0 unspecified atom stereocenters. The molecule has 11 atom stereocenters. The van der Waals surface area contributed by atoms with E-state index in [1.165, 1.54) is 32.6 Å². The number of fused-ring (bicyclic) bond motifs is 7. The van der Waals surface area contributed by atoms with Crippen molar-refractivity contribution < 1.29 is 19.4 Å². The molecule has 0 radical (unpaired) electrons. The lowest BCUT2D eigenvalue weighted by Gasteiger charge is -2.71. The average molecular weight is 499 g/mol. The summed E-state index contributed by atoms with van der Waals surface area (Å²) in [6, 6.07) is 0. The van der Waals surface area contributed by atoms with Crippen LogP contribution in [-0.2, 0) is 14.3 Å². The molecule has 4 heteroatoms. The molecule has 0 spiro atoms. The lowest BCUT2D eigenvalue weighted by Crippen LogP contribution is -2.66. The second kappa shape index (κ2) is 8.09. The lowest BCUT2D eigenvalue weighted by atomic mass is 9.33. The molecule has 36 heavy (non-hydrogen) atoms. The molecule has 5 rings (SSSR count). The van der Waals surface area contributed by atoms with Crippen LogP contribution >= 0.6 is 0 Å². The Morgan fingerprint density at radius 1 is 0.917 bits per heavy atom. The number of aliphatic carboxylic acids is 1. The van der Waals surface area contributed by atoms with Gasteiger partial charge in [0.15, 0.2) is 0 Å². The summed E-state index contributed by atoms with van der Waals surface area (Å²) in [5, 5.41) is 10.5.